The van der Waals surface area contributed by atoms with Crippen LogP contribution in [0.3, 0.4) is 0 Å². The van der Waals surface area contributed by atoms with Crippen molar-refractivity contribution in [2.45, 2.75) is 12.5 Å². The second-order valence-corrected chi connectivity index (χ2v) is 5.69. The lowest BCUT2D eigenvalue weighted by atomic mass is 10.1. The van der Waals surface area contributed by atoms with Crippen molar-refractivity contribution in [1.29, 1.82) is 0 Å². The molecule has 0 saturated carbocycles. The van der Waals surface area contributed by atoms with Crippen molar-refractivity contribution in [1.82, 2.24) is 5.32 Å². The zero-order chi connectivity index (χ0) is 16.8. The molecule has 2 rings (SSSR count). The van der Waals surface area contributed by atoms with E-state index < -0.39 is 12.0 Å². The maximum atomic E-state index is 12.4. The molecule has 0 aliphatic carbocycles. The highest BCUT2D eigenvalue weighted by Gasteiger charge is 2.20. The van der Waals surface area contributed by atoms with Gasteiger partial charge < -0.3 is 19.9 Å². The molecule has 1 amide bonds. The van der Waals surface area contributed by atoms with E-state index in [1.54, 1.807) is 24.3 Å². The predicted octanol–water partition coefficient (Wildman–Crippen LogP) is 2.71. The van der Waals surface area contributed by atoms with E-state index in [0.29, 0.717) is 17.1 Å². The third-order valence-corrected chi connectivity index (χ3v) is 4.20. The van der Waals surface area contributed by atoms with Crippen LogP contribution in [-0.2, 0) is 4.79 Å². The molecule has 1 aromatic carbocycles. The number of hydrogen-bond donors (Lipinski definition) is 2. The van der Waals surface area contributed by atoms with Crippen LogP contribution in [0, 0.1) is 0 Å². The molecule has 6 nitrogen and oxygen atoms in total. The first-order valence-corrected chi connectivity index (χ1v) is 7.71. The molecule has 0 fully saturated rings. The Morgan fingerprint density at radius 1 is 1.22 bits per heavy atom. The third-order valence-electron chi connectivity index (χ3n) is 3.22. The van der Waals surface area contributed by atoms with Crippen molar-refractivity contribution in [3.63, 3.8) is 0 Å². The van der Waals surface area contributed by atoms with Gasteiger partial charge in [-0.25, -0.2) is 0 Å². The molecule has 2 N–H and O–H groups in total. The highest BCUT2D eigenvalue weighted by Crippen LogP contribution is 2.28. The van der Waals surface area contributed by atoms with Gasteiger partial charge in [-0.1, -0.05) is 6.07 Å². The number of ether oxygens (including phenoxy) is 2. The molecule has 0 spiro atoms. The van der Waals surface area contributed by atoms with E-state index in [2.05, 4.69) is 5.32 Å². The van der Waals surface area contributed by atoms with Crippen molar-refractivity contribution in [2.75, 3.05) is 14.2 Å². The summed E-state index contributed by atoms with van der Waals surface area (Å²) < 4.78 is 10.3. The monoisotopic (exact) mass is 335 g/mol. The zero-order valence-electron chi connectivity index (χ0n) is 12.7. The number of rotatable bonds is 7. The minimum atomic E-state index is -0.976. The average molecular weight is 335 g/mol. The van der Waals surface area contributed by atoms with Crippen LogP contribution in [0.4, 0.5) is 0 Å². The minimum absolute atomic E-state index is 0.181. The standard InChI is InChI=1S/C16H17NO5S/c1-21-12-6-5-10(8-13(12)22-2)16(20)17-11(9-15(18)19)14-4-3-7-23-14/h3-8,11H,9H2,1-2H3,(H,17,20)(H,18,19)/t11-/m1/s1. The second-order valence-electron chi connectivity index (χ2n) is 4.71. The number of nitrogens with one attached hydrogen (secondary N) is 1. The zero-order valence-corrected chi connectivity index (χ0v) is 13.6. The Hall–Kier alpha value is -2.54. The Balaban J connectivity index is 2.20. The molecule has 0 radical (unpaired) electrons. The molecule has 0 bridgehead atoms. The minimum Gasteiger partial charge on any atom is -0.493 e. The summed E-state index contributed by atoms with van der Waals surface area (Å²) in [6.45, 7) is 0. The predicted molar refractivity (Wildman–Crippen MR) is 86.3 cm³/mol. The SMILES string of the molecule is COc1ccc(C(=O)N[C@H](CC(=O)O)c2cccs2)cc1OC. The molecule has 1 atom stereocenters. The molecular weight excluding hydrogens is 318 g/mol. The number of carboxylic acids is 1. The van der Waals surface area contributed by atoms with Crippen LogP contribution in [-0.4, -0.2) is 31.2 Å². The van der Waals surface area contributed by atoms with Crippen molar-refractivity contribution in [2.24, 2.45) is 0 Å². The third kappa shape index (κ3) is 4.23. The Bertz CT molecular complexity index is 684. The molecule has 122 valence electrons. The summed E-state index contributed by atoms with van der Waals surface area (Å²) in [5, 5.41) is 13.6. The molecule has 0 aliphatic heterocycles. The molecule has 0 aliphatic rings. The maximum absolute atomic E-state index is 12.4. The van der Waals surface area contributed by atoms with Gasteiger partial charge in [-0.05, 0) is 29.6 Å². The topological polar surface area (TPSA) is 84.9 Å². The van der Waals surface area contributed by atoms with Crippen molar-refractivity contribution < 1.29 is 24.2 Å². The van der Waals surface area contributed by atoms with E-state index in [9.17, 15) is 9.59 Å². The van der Waals surface area contributed by atoms with Gasteiger partial charge in [0.05, 0.1) is 26.7 Å². The van der Waals surface area contributed by atoms with Gasteiger partial charge >= 0.3 is 5.97 Å². The molecular formula is C16H17NO5S. The lowest BCUT2D eigenvalue weighted by Gasteiger charge is -2.16. The van der Waals surface area contributed by atoms with E-state index in [-0.39, 0.29) is 12.3 Å². The first-order valence-electron chi connectivity index (χ1n) is 6.83. The lowest BCUT2D eigenvalue weighted by Crippen LogP contribution is -2.29. The highest BCUT2D eigenvalue weighted by molar-refractivity contribution is 7.10. The summed E-state index contributed by atoms with van der Waals surface area (Å²) in [6.07, 6.45) is -0.181. The fourth-order valence-corrected chi connectivity index (χ4v) is 2.88. The van der Waals surface area contributed by atoms with Gasteiger partial charge in [0.15, 0.2) is 11.5 Å². The summed E-state index contributed by atoms with van der Waals surface area (Å²) in [5.41, 5.74) is 0.370. The second kappa shape index (κ2) is 7.64. The van der Waals surface area contributed by atoms with Crippen LogP contribution >= 0.6 is 11.3 Å². The van der Waals surface area contributed by atoms with Crippen LogP contribution in [0.5, 0.6) is 11.5 Å². The van der Waals surface area contributed by atoms with Crippen LogP contribution in [0.1, 0.15) is 27.7 Å². The fraction of sp³-hybridized carbons (Fsp3) is 0.250. The summed E-state index contributed by atoms with van der Waals surface area (Å²) in [7, 11) is 3.00. The van der Waals surface area contributed by atoms with Gasteiger partial charge in [0.2, 0.25) is 0 Å². The van der Waals surface area contributed by atoms with Crippen molar-refractivity contribution in [3.05, 3.63) is 46.2 Å². The Morgan fingerprint density at radius 2 is 1.96 bits per heavy atom. The van der Waals surface area contributed by atoms with Crippen molar-refractivity contribution >= 4 is 23.2 Å². The maximum Gasteiger partial charge on any atom is 0.305 e. The smallest absolute Gasteiger partial charge is 0.305 e. The van der Waals surface area contributed by atoms with E-state index in [1.165, 1.54) is 25.6 Å². The number of carboxylic acid groups (broad SMARTS) is 1. The van der Waals surface area contributed by atoms with Crippen molar-refractivity contribution in [3.8, 4) is 11.5 Å². The van der Waals surface area contributed by atoms with Gasteiger partial charge in [-0.15, -0.1) is 11.3 Å². The number of carbonyl (C=O) groups excluding carboxylic acids is 1. The van der Waals surface area contributed by atoms with E-state index in [1.807, 2.05) is 11.4 Å². The van der Waals surface area contributed by atoms with Crippen LogP contribution in [0.2, 0.25) is 0 Å². The summed E-state index contributed by atoms with van der Waals surface area (Å²) >= 11 is 1.40. The van der Waals surface area contributed by atoms with E-state index in [4.69, 9.17) is 14.6 Å². The van der Waals surface area contributed by atoms with E-state index >= 15 is 0 Å². The summed E-state index contributed by atoms with van der Waals surface area (Å²) in [4.78, 5) is 24.2. The van der Waals surface area contributed by atoms with Crippen LogP contribution in [0.15, 0.2) is 35.7 Å². The number of amides is 1. The Labute approximate surface area is 137 Å². The van der Waals surface area contributed by atoms with Crippen LogP contribution in [0.25, 0.3) is 0 Å². The largest absolute Gasteiger partial charge is 0.493 e. The number of methoxy groups -OCH3 is 2. The Kier molecular flexibility index (Phi) is 5.59. The molecule has 1 aromatic heterocycles. The first-order chi connectivity index (χ1) is 11.0. The first kappa shape index (κ1) is 16.8. The molecule has 2 aromatic rings. The number of benzene rings is 1. The lowest BCUT2D eigenvalue weighted by molar-refractivity contribution is -0.137. The summed E-state index contributed by atoms with van der Waals surface area (Å²) in [6, 6.07) is 7.83. The number of aliphatic carboxylic acids is 1. The molecule has 23 heavy (non-hydrogen) atoms. The quantitative estimate of drug-likeness (QED) is 0.813. The number of carbonyl (C=O) groups is 2. The summed E-state index contributed by atoms with van der Waals surface area (Å²) in [5.74, 6) is -0.392. The fourth-order valence-electron chi connectivity index (χ4n) is 2.11. The number of hydrogen-bond acceptors (Lipinski definition) is 5. The average Bonchev–Trinajstić information content (AvgIpc) is 3.07. The molecule has 7 heteroatoms. The van der Waals surface area contributed by atoms with Gasteiger partial charge in [-0.3, -0.25) is 9.59 Å². The Morgan fingerprint density at radius 3 is 2.52 bits per heavy atom. The highest BCUT2D eigenvalue weighted by atomic mass is 32.1. The van der Waals surface area contributed by atoms with Gasteiger partial charge in [-0.2, -0.15) is 0 Å². The van der Waals surface area contributed by atoms with E-state index in [0.717, 1.165) is 4.88 Å². The number of thiophene rings is 1. The van der Waals surface area contributed by atoms with Gasteiger partial charge in [0.25, 0.3) is 5.91 Å². The molecule has 1 heterocycles. The molecule has 0 saturated heterocycles. The normalized spacial score (nSPS) is 11.6. The van der Waals surface area contributed by atoms with Crippen LogP contribution < -0.4 is 14.8 Å². The van der Waals surface area contributed by atoms with Gasteiger partial charge in [0, 0.05) is 10.4 Å². The van der Waals surface area contributed by atoms with Gasteiger partial charge in [0.1, 0.15) is 0 Å². The molecule has 0 unspecified atom stereocenters.